The predicted molar refractivity (Wildman–Crippen MR) is 67.9 cm³/mol. The molecular formula is C12H23NO2S. The molecule has 4 heteroatoms. The number of hydrogen-bond donors (Lipinski definition) is 1. The lowest BCUT2D eigenvalue weighted by atomic mass is 9.89. The van der Waals surface area contributed by atoms with Crippen LogP contribution in [-0.4, -0.2) is 43.1 Å². The normalized spacial score (nSPS) is 33.4. The minimum atomic E-state index is -0.238. The Morgan fingerprint density at radius 3 is 2.75 bits per heavy atom. The largest absolute Gasteiger partial charge is 0.347 e. The minimum Gasteiger partial charge on any atom is -0.347 e. The summed E-state index contributed by atoms with van der Waals surface area (Å²) in [6.07, 6.45) is 6.65. The van der Waals surface area contributed by atoms with Crippen molar-refractivity contribution in [2.75, 3.05) is 26.0 Å². The SMILES string of the molecule is CCCNC1CCC2(CC1SC)OCCO2. The molecule has 1 saturated heterocycles. The summed E-state index contributed by atoms with van der Waals surface area (Å²) >= 11 is 1.94. The second-order valence-corrected chi connectivity index (χ2v) is 5.76. The molecule has 3 nitrogen and oxygen atoms in total. The third-order valence-corrected chi connectivity index (χ3v) is 4.67. The molecular weight excluding hydrogens is 222 g/mol. The number of thioether (sulfide) groups is 1. The van der Waals surface area contributed by atoms with Crippen LogP contribution in [0.4, 0.5) is 0 Å². The van der Waals surface area contributed by atoms with Gasteiger partial charge in [0.05, 0.1) is 13.2 Å². The lowest BCUT2D eigenvalue weighted by molar-refractivity contribution is -0.178. The molecule has 1 aliphatic heterocycles. The van der Waals surface area contributed by atoms with Crippen molar-refractivity contribution in [2.24, 2.45) is 0 Å². The van der Waals surface area contributed by atoms with Gasteiger partial charge in [0.1, 0.15) is 0 Å². The van der Waals surface area contributed by atoms with Crippen LogP contribution in [0, 0.1) is 0 Å². The third kappa shape index (κ3) is 2.73. The lowest BCUT2D eigenvalue weighted by Crippen LogP contribution is -2.49. The van der Waals surface area contributed by atoms with E-state index in [1.165, 1.54) is 12.8 Å². The van der Waals surface area contributed by atoms with Gasteiger partial charge in [0, 0.05) is 24.1 Å². The van der Waals surface area contributed by atoms with Crippen LogP contribution in [0.15, 0.2) is 0 Å². The highest BCUT2D eigenvalue weighted by Gasteiger charge is 2.44. The van der Waals surface area contributed by atoms with E-state index in [9.17, 15) is 0 Å². The molecule has 0 aromatic carbocycles. The van der Waals surface area contributed by atoms with Crippen molar-refractivity contribution in [2.45, 2.75) is 49.7 Å². The molecule has 2 aliphatic rings. The van der Waals surface area contributed by atoms with E-state index in [2.05, 4.69) is 18.5 Å². The summed E-state index contributed by atoms with van der Waals surface area (Å²) in [5.74, 6) is -0.238. The van der Waals surface area contributed by atoms with Gasteiger partial charge in [0.25, 0.3) is 0 Å². The first-order valence-electron chi connectivity index (χ1n) is 6.34. The van der Waals surface area contributed by atoms with Gasteiger partial charge in [0.2, 0.25) is 0 Å². The van der Waals surface area contributed by atoms with Gasteiger partial charge >= 0.3 is 0 Å². The van der Waals surface area contributed by atoms with Crippen molar-refractivity contribution in [3.05, 3.63) is 0 Å². The highest BCUT2D eigenvalue weighted by molar-refractivity contribution is 7.99. The van der Waals surface area contributed by atoms with Gasteiger partial charge in [-0.1, -0.05) is 6.92 Å². The first-order valence-corrected chi connectivity index (χ1v) is 7.62. The molecule has 1 saturated carbocycles. The Bertz CT molecular complexity index is 219. The molecule has 1 spiro atoms. The maximum Gasteiger partial charge on any atom is 0.169 e. The van der Waals surface area contributed by atoms with Gasteiger partial charge in [-0.05, 0) is 25.6 Å². The second kappa shape index (κ2) is 5.71. The highest BCUT2D eigenvalue weighted by Crippen LogP contribution is 2.39. The van der Waals surface area contributed by atoms with Crippen molar-refractivity contribution in [3.63, 3.8) is 0 Å². The van der Waals surface area contributed by atoms with E-state index in [0.717, 1.165) is 32.6 Å². The molecule has 0 amide bonds. The minimum absolute atomic E-state index is 0.238. The molecule has 2 fully saturated rings. The molecule has 2 unspecified atom stereocenters. The number of ether oxygens (including phenoxy) is 2. The third-order valence-electron chi connectivity index (χ3n) is 3.57. The number of hydrogen-bond acceptors (Lipinski definition) is 4. The van der Waals surface area contributed by atoms with Crippen LogP contribution in [-0.2, 0) is 9.47 Å². The van der Waals surface area contributed by atoms with Crippen LogP contribution in [0.3, 0.4) is 0 Å². The average molecular weight is 245 g/mol. The van der Waals surface area contributed by atoms with Crippen molar-refractivity contribution in [1.29, 1.82) is 0 Å². The highest BCUT2D eigenvalue weighted by atomic mass is 32.2. The van der Waals surface area contributed by atoms with Crippen molar-refractivity contribution >= 4 is 11.8 Å². The van der Waals surface area contributed by atoms with E-state index >= 15 is 0 Å². The number of nitrogens with one attached hydrogen (secondary N) is 1. The molecule has 0 radical (unpaired) electrons. The summed E-state index contributed by atoms with van der Waals surface area (Å²) in [5, 5.41) is 4.27. The zero-order valence-corrected chi connectivity index (χ0v) is 11.1. The monoisotopic (exact) mass is 245 g/mol. The van der Waals surface area contributed by atoms with E-state index in [1.807, 2.05) is 11.8 Å². The Labute approximate surface area is 103 Å². The maximum atomic E-state index is 5.80. The number of rotatable bonds is 4. The molecule has 1 aliphatic carbocycles. The topological polar surface area (TPSA) is 30.5 Å². The van der Waals surface area contributed by atoms with Gasteiger partial charge in [-0.2, -0.15) is 11.8 Å². The lowest BCUT2D eigenvalue weighted by Gasteiger charge is -2.40. The van der Waals surface area contributed by atoms with E-state index in [1.54, 1.807) is 0 Å². The summed E-state index contributed by atoms with van der Waals surface area (Å²) in [7, 11) is 0. The van der Waals surface area contributed by atoms with E-state index in [4.69, 9.17) is 9.47 Å². The molecule has 0 aromatic heterocycles. The van der Waals surface area contributed by atoms with Crippen molar-refractivity contribution in [1.82, 2.24) is 5.32 Å². The Morgan fingerprint density at radius 1 is 1.38 bits per heavy atom. The fourth-order valence-corrected chi connectivity index (χ4v) is 3.66. The molecule has 2 rings (SSSR count). The van der Waals surface area contributed by atoms with Gasteiger partial charge in [-0.3, -0.25) is 0 Å². The Hall–Kier alpha value is 0.230. The van der Waals surface area contributed by atoms with Gasteiger partial charge in [-0.15, -0.1) is 0 Å². The molecule has 16 heavy (non-hydrogen) atoms. The molecule has 1 heterocycles. The van der Waals surface area contributed by atoms with Crippen molar-refractivity contribution in [3.8, 4) is 0 Å². The first kappa shape index (κ1) is 12.7. The molecule has 1 N–H and O–H groups in total. The van der Waals surface area contributed by atoms with Crippen molar-refractivity contribution < 1.29 is 9.47 Å². The predicted octanol–water partition coefficient (Wildman–Crippen LogP) is 2.01. The quantitative estimate of drug-likeness (QED) is 0.821. The zero-order chi connectivity index (χ0) is 11.4. The van der Waals surface area contributed by atoms with Crippen LogP contribution in [0.25, 0.3) is 0 Å². The second-order valence-electron chi connectivity index (χ2n) is 4.69. The van der Waals surface area contributed by atoms with Gasteiger partial charge in [0.15, 0.2) is 5.79 Å². The Morgan fingerprint density at radius 2 is 2.12 bits per heavy atom. The van der Waals surface area contributed by atoms with Gasteiger partial charge < -0.3 is 14.8 Å². The smallest absolute Gasteiger partial charge is 0.169 e. The summed E-state index contributed by atoms with van der Waals surface area (Å²) in [4.78, 5) is 0. The summed E-state index contributed by atoms with van der Waals surface area (Å²) in [6, 6.07) is 0.633. The Balaban J connectivity index is 1.90. The van der Waals surface area contributed by atoms with Crippen LogP contribution < -0.4 is 5.32 Å². The first-order chi connectivity index (χ1) is 7.79. The van der Waals surface area contributed by atoms with Crippen LogP contribution >= 0.6 is 11.8 Å². The standard InChI is InChI=1S/C12H23NO2S/c1-3-6-13-10-4-5-12(9-11(10)16-2)14-7-8-15-12/h10-11,13H,3-9H2,1-2H3. The van der Waals surface area contributed by atoms with E-state index in [-0.39, 0.29) is 5.79 Å². The van der Waals surface area contributed by atoms with Crippen LogP contribution in [0.2, 0.25) is 0 Å². The molecule has 94 valence electrons. The summed E-state index contributed by atoms with van der Waals surface area (Å²) in [5.41, 5.74) is 0. The molecule has 2 atom stereocenters. The fraction of sp³-hybridized carbons (Fsp3) is 1.00. The zero-order valence-electron chi connectivity index (χ0n) is 10.3. The maximum absolute atomic E-state index is 5.80. The van der Waals surface area contributed by atoms with E-state index in [0.29, 0.717) is 11.3 Å². The van der Waals surface area contributed by atoms with E-state index < -0.39 is 0 Å². The molecule has 0 bridgehead atoms. The summed E-state index contributed by atoms with van der Waals surface area (Å²) < 4.78 is 11.6. The molecule has 0 aromatic rings. The average Bonchev–Trinajstić information content (AvgIpc) is 2.76. The fourth-order valence-electron chi connectivity index (χ4n) is 2.68. The van der Waals surface area contributed by atoms with Gasteiger partial charge in [-0.25, -0.2) is 0 Å². The summed E-state index contributed by atoms with van der Waals surface area (Å²) in [6.45, 7) is 4.88. The Kier molecular flexibility index (Phi) is 4.53. The van der Waals surface area contributed by atoms with Crippen LogP contribution in [0.5, 0.6) is 0 Å². The van der Waals surface area contributed by atoms with Crippen LogP contribution in [0.1, 0.15) is 32.6 Å².